The van der Waals surface area contributed by atoms with Crippen molar-refractivity contribution >= 4 is 23.2 Å². The molecule has 1 heterocycles. The van der Waals surface area contributed by atoms with E-state index in [4.69, 9.17) is 11.6 Å². The molecule has 2 rings (SSSR count). The second-order valence-electron chi connectivity index (χ2n) is 4.10. The largest absolute Gasteiger partial charge is 0.506 e. The molecule has 1 amide bonds. The molecule has 0 aliphatic rings. The number of halogens is 4. The molecule has 2 N–H and O–H groups in total. The zero-order chi connectivity index (χ0) is 15.8. The standard InChI is InChI=1S/C12H9ClF3N3O2/c1-19-10(12(14,15)16)8(13)9(18-19)11(21)17-6-4-2-3-5-7(6)20/h2-5,20H,1H3,(H,17,21). The summed E-state index contributed by atoms with van der Waals surface area (Å²) >= 11 is 5.59. The average molecular weight is 320 g/mol. The van der Waals surface area contributed by atoms with Crippen molar-refractivity contribution in [3.05, 3.63) is 40.7 Å². The number of anilines is 1. The molecule has 9 heteroatoms. The van der Waals surface area contributed by atoms with E-state index in [1.54, 1.807) is 0 Å². The highest BCUT2D eigenvalue weighted by Crippen LogP contribution is 2.36. The molecule has 1 aromatic carbocycles. The number of benzene rings is 1. The number of nitrogens with one attached hydrogen (secondary N) is 1. The predicted octanol–water partition coefficient (Wildman–Crippen LogP) is 3.05. The van der Waals surface area contributed by atoms with Gasteiger partial charge in [0.1, 0.15) is 10.8 Å². The molecule has 0 saturated heterocycles. The third kappa shape index (κ3) is 2.94. The first-order valence-electron chi connectivity index (χ1n) is 5.61. The molecule has 0 aliphatic heterocycles. The summed E-state index contributed by atoms with van der Waals surface area (Å²) < 4.78 is 38.8. The number of alkyl halides is 3. The van der Waals surface area contributed by atoms with Crippen molar-refractivity contribution in [2.45, 2.75) is 6.18 Å². The van der Waals surface area contributed by atoms with Gasteiger partial charge in [0.05, 0.1) is 5.69 Å². The molecule has 0 unspecified atom stereocenters. The van der Waals surface area contributed by atoms with E-state index in [-0.39, 0.29) is 11.4 Å². The molecule has 112 valence electrons. The van der Waals surface area contributed by atoms with Crippen LogP contribution in [0.1, 0.15) is 16.2 Å². The van der Waals surface area contributed by atoms with Gasteiger partial charge in [-0.05, 0) is 12.1 Å². The summed E-state index contributed by atoms with van der Waals surface area (Å²) in [6.07, 6.45) is -4.73. The predicted molar refractivity (Wildman–Crippen MR) is 69.3 cm³/mol. The number of aromatic hydroxyl groups is 1. The fourth-order valence-corrected chi connectivity index (χ4v) is 2.07. The highest BCUT2D eigenvalue weighted by atomic mass is 35.5. The third-order valence-corrected chi connectivity index (χ3v) is 2.98. The Kier molecular flexibility index (Phi) is 3.82. The van der Waals surface area contributed by atoms with Crippen molar-refractivity contribution in [2.75, 3.05) is 5.32 Å². The van der Waals surface area contributed by atoms with E-state index >= 15 is 0 Å². The number of phenols is 1. The van der Waals surface area contributed by atoms with E-state index in [0.29, 0.717) is 4.68 Å². The number of amides is 1. The molecule has 21 heavy (non-hydrogen) atoms. The van der Waals surface area contributed by atoms with E-state index in [1.165, 1.54) is 24.3 Å². The van der Waals surface area contributed by atoms with Crippen LogP contribution in [-0.4, -0.2) is 20.8 Å². The molecular formula is C12H9ClF3N3O2. The lowest BCUT2D eigenvalue weighted by molar-refractivity contribution is -0.143. The summed E-state index contributed by atoms with van der Waals surface area (Å²) in [4.78, 5) is 11.9. The lowest BCUT2D eigenvalue weighted by Crippen LogP contribution is -2.13. The van der Waals surface area contributed by atoms with Gasteiger partial charge in [0, 0.05) is 7.05 Å². The lowest BCUT2D eigenvalue weighted by atomic mass is 10.2. The molecule has 0 radical (unpaired) electrons. The van der Waals surface area contributed by atoms with Gasteiger partial charge in [0.2, 0.25) is 0 Å². The van der Waals surface area contributed by atoms with Crippen molar-refractivity contribution in [2.24, 2.45) is 7.05 Å². The molecule has 0 saturated carbocycles. The molecule has 5 nitrogen and oxygen atoms in total. The molecule has 0 spiro atoms. The number of carbonyl (C=O) groups is 1. The summed E-state index contributed by atoms with van der Waals surface area (Å²) in [7, 11) is 1.03. The Morgan fingerprint density at radius 1 is 1.38 bits per heavy atom. The summed E-state index contributed by atoms with van der Waals surface area (Å²) in [5.41, 5.74) is -1.75. The number of carbonyl (C=O) groups excluding carboxylic acids is 1. The SMILES string of the molecule is Cn1nc(C(=O)Nc2ccccc2O)c(Cl)c1C(F)(F)F. The Hall–Kier alpha value is -2.22. The van der Waals surface area contributed by atoms with Crippen LogP contribution < -0.4 is 5.32 Å². The summed E-state index contributed by atoms with van der Waals surface area (Å²) in [5, 5.41) is 14.4. The number of aryl methyl sites for hydroxylation is 1. The Morgan fingerprint density at radius 2 is 2.00 bits per heavy atom. The molecule has 0 atom stereocenters. The van der Waals surface area contributed by atoms with Gasteiger partial charge in [-0.15, -0.1) is 0 Å². The third-order valence-electron chi connectivity index (χ3n) is 2.63. The second-order valence-corrected chi connectivity index (χ2v) is 4.48. The number of nitrogens with zero attached hydrogens (tertiary/aromatic N) is 2. The van der Waals surface area contributed by atoms with E-state index < -0.39 is 28.5 Å². The molecule has 2 aromatic rings. The minimum absolute atomic E-state index is 0.0396. The van der Waals surface area contributed by atoms with Crippen LogP contribution in [0.4, 0.5) is 18.9 Å². The van der Waals surface area contributed by atoms with Crippen LogP contribution in [0, 0.1) is 0 Å². The number of aromatic nitrogens is 2. The van der Waals surface area contributed by atoms with Gasteiger partial charge in [-0.1, -0.05) is 23.7 Å². The van der Waals surface area contributed by atoms with Crippen LogP contribution in [0.3, 0.4) is 0 Å². The maximum absolute atomic E-state index is 12.8. The summed E-state index contributed by atoms with van der Waals surface area (Å²) in [5.74, 6) is -1.18. The number of phenolic OH excluding ortho intramolecular Hbond substituents is 1. The lowest BCUT2D eigenvalue weighted by Gasteiger charge is -2.06. The normalized spacial score (nSPS) is 11.5. The van der Waals surface area contributed by atoms with Crippen LogP contribution in [-0.2, 0) is 13.2 Å². The number of para-hydroxylation sites is 2. The van der Waals surface area contributed by atoms with Crippen molar-refractivity contribution in [3.63, 3.8) is 0 Å². The van der Waals surface area contributed by atoms with Gasteiger partial charge in [0.15, 0.2) is 11.4 Å². The van der Waals surface area contributed by atoms with E-state index in [2.05, 4.69) is 10.4 Å². The quantitative estimate of drug-likeness (QED) is 0.836. The van der Waals surface area contributed by atoms with Crippen LogP contribution >= 0.6 is 11.6 Å². The minimum Gasteiger partial charge on any atom is -0.506 e. The van der Waals surface area contributed by atoms with Crippen molar-refractivity contribution in [1.29, 1.82) is 0 Å². The van der Waals surface area contributed by atoms with Gasteiger partial charge in [-0.2, -0.15) is 18.3 Å². The van der Waals surface area contributed by atoms with Gasteiger partial charge >= 0.3 is 6.18 Å². The number of hydrogen-bond acceptors (Lipinski definition) is 3. The Labute approximate surface area is 121 Å². The van der Waals surface area contributed by atoms with Gasteiger partial charge in [-0.3, -0.25) is 9.48 Å². The highest BCUT2D eigenvalue weighted by molar-refractivity contribution is 6.34. The maximum atomic E-state index is 12.8. The van der Waals surface area contributed by atoms with Crippen molar-refractivity contribution < 1.29 is 23.1 Å². The minimum atomic E-state index is -4.73. The summed E-state index contributed by atoms with van der Waals surface area (Å²) in [6.45, 7) is 0. The summed E-state index contributed by atoms with van der Waals surface area (Å²) in [6, 6.07) is 5.77. The zero-order valence-electron chi connectivity index (χ0n) is 10.6. The van der Waals surface area contributed by atoms with Crippen molar-refractivity contribution in [3.8, 4) is 5.75 Å². The highest BCUT2D eigenvalue weighted by Gasteiger charge is 2.40. The molecule has 0 fully saturated rings. The Balaban J connectivity index is 2.35. The van der Waals surface area contributed by atoms with E-state index in [1.807, 2.05) is 0 Å². The maximum Gasteiger partial charge on any atom is 0.434 e. The molecule has 0 aliphatic carbocycles. The first-order valence-corrected chi connectivity index (χ1v) is 5.98. The van der Waals surface area contributed by atoms with Gasteiger partial charge < -0.3 is 10.4 Å². The van der Waals surface area contributed by atoms with Crippen molar-refractivity contribution in [1.82, 2.24) is 9.78 Å². The fraction of sp³-hybridized carbons (Fsp3) is 0.167. The topological polar surface area (TPSA) is 67.2 Å². The van der Waals surface area contributed by atoms with Crippen LogP contribution in [0.25, 0.3) is 0 Å². The number of hydrogen-bond donors (Lipinski definition) is 2. The second kappa shape index (κ2) is 5.28. The van der Waals surface area contributed by atoms with E-state index in [0.717, 1.165) is 7.05 Å². The molecule has 1 aromatic heterocycles. The Bertz CT molecular complexity index is 698. The molecular weight excluding hydrogens is 311 g/mol. The average Bonchev–Trinajstić information content (AvgIpc) is 2.67. The Morgan fingerprint density at radius 3 is 2.52 bits per heavy atom. The fourth-order valence-electron chi connectivity index (χ4n) is 1.71. The van der Waals surface area contributed by atoms with Crippen LogP contribution in [0.5, 0.6) is 5.75 Å². The zero-order valence-corrected chi connectivity index (χ0v) is 11.3. The monoisotopic (exact) mass is 319 g/mol. The number of rotatable bonds is 2. The van der Waals surface area contributed by atoms with Gasteiger partial charge in [0.25, 0.3) is 5.91 Å². The van der Waals surface area contributed by atoms with Crippen LogP contribution in [0.15, 0.2) is 24.3 Å². The molecule has 0 bridgehead atoms. The smallest absolute Gasteiger partial charge is 0.434 e. The van der Waals surface area contributed by atoms with Gasteiger partial charge in [-0.25, -0.2) is 0 Å². The first kappa shape index (κ1) is 15.2. The first-order chi connectivity index (χ1) is 9.71. The van der Waals surface area contributed by atoms with Crippen LogP contribution in [0.2, 0.25) is 5.02 Å². The van der Waals surface area contributed by atoms with E-state index in [9.17, 15) is 23.1 Å².